The molecule has 9 heteroatoms. The molecule has 0 saturated heterocycles. The van der Waals surface area contributed by atoms with Gasteiger partial charge in [0.1, 0.15) is 11.5 Å². The number of ether oxygens (including phenoxy) is 2. The summed E-state index contributed by atoms with van der Waals surface area (Å²) in [5.74, 6) is -1.54. The topological polar surface area (TPSA) is 125 Å². The Morgan fingerprint density at radius 1 is 0.781 bits per heavy atom. The number of nitro benzene ring substituents is 1. The molecule has 0 aliphatic heterocycles. The Balaban J connectivity index is 1.78. The minimum atomic E-state index is -0.585. The molecule has 32 heavy (non-hydrogen) atoms. The number of nitrogens with zero attached hydrogens (tertiary/aromatic N) is 1. The Bertz CT molecular complexity index is 1150. The molecule has 0 saturated carbocycles. The van der Waals surface area contributed by atoms with Crippen molar-refractivity contribution < 1.29 is 28.8 Å². The molecule has 0 fully saturated rings. The molecule has 0 heterocycles. The first-order valence-corrected chi connectivity index (χ1v) is 9.39. The number of non-ortho nitro benzene ring substituents is 1. The van der Waals surface area contributed by atoms with Crippen molar-refractivity contribution in [3.8, 4) is 22.6 Å². The molecule has 0 aromatic heterocycles. The molecule has 0 atom stereocenters. The number of hydrogen-bond acceptors (Lipinski definition) is 7. The Hall–Kier alpha value is -4.53. The van der Waals surface area contributed by atoms with E-state index < -0.39 is 22.8 Å². The molecule has 9 nitrogen and oxygen atoms in total. The molecule has 0 radical (unpaired) electrons. The number of nitro groups is 1. The normalized spacial score (nSPS) is 10.2. The summed E-state index contributed by atoms with van der Waals surface area (Å²) < 4.78 is 10.0. The lowest BCUT2D eigenvalue weighted by atomic mass is 10.0. The second-order valence-corrected chi connectivity index (χ2v) is 6.72. The van der Waals surface area contributed by atoms with Crippen molar-refractivity contribution in [2.45, 2.75) is 13.8 Å². The summed E-state index contributed by atoms with van der Waals surface area (Å²) in [5.41, 5.74) is 2.22. The van der Waals surface area contributed by atoms with Crippen molar-refractivity contribution in [2.24, 2.45) is 0 Å². The van der Waals surface area contributed by atoms with Crippen LogP contribution in [0.15, 0.2) is 66.7 Å². The van der Waals surface area contributed by atoms with E-state index in [-0.39, 0.29) is 22.7 Å². The quantitative estimate of drug-likeness (QED) is 0.264. The van der Waals surface area contributed by atoms with Gasteiger partial charge in [-0.1, -0.05) is 12.1 Å². The van der Waals surface area contributed by atoms with E-state index in [1.54, 1.807) is 36.4 Å². The summed E-state index contributed by atoms with van der Waals surface area (Å²) in [6.45, 7) is 2.43. The fraction of sp³-hybridized carbons (Fsp3) is 0.0870. The first-order valence-electron chi connectivity index (χ1n) is 9.39. The maximum Gasteiger partial charge on any atom is 0.308 e. The van der Waals surface area contributed by atoms with Gasteiger partial charge in [0, 0.05) is 43.3 Å². The predicted molar refractivity (Wildman–Crippen MR) is 116 cm³/mol. The molecular formula is C23H18N2O7. The summed E-state index contributed by atoms with van der Waals surface area (Å²) in [6.07, 6.45) is 0. The van der Waals surface area contributed by atoms with E-state index >= 15 is 0 Å². The van der Waals surface area contributed by atoms with Crippen LogP contribution in [0.1, 0.15) is 24.2 Å². The van der Waals surface area contributed by atoms with Gasteiger partial charge in [0.25, 0.3) is 11.6 Å². The molecule has 0 aliphatic rings. The molecule has 0 unspecified atom stereocenters. The number of hydrogen-bond donors (Lipinski definition) is 1. The van der Waals surface area contributed by atoms with Gasteiger partial charge in [-0.2, -0.15) is 0 Å². The standard InChI is InChI=1S/C23H18N2O7/c1-14(26)31-21-11-18(12-22(13-21)32-15(2)27)23(28)24-19-7-3-16(4-8-19)17-5-9-20(10-6-17)25(29)30/h3-13H,1-2H3,(H,24,28). The largest absolute Gasteiger partial charge is 0.427 e. The maximum absolute atomic E-state index is 12.7. The Labute approximate surface area is 182 Å². The van der Waals surface area contributed by atoms with Gasteiger partial charge in [-0.3, -0.25) is 24.5 Å². The fourth-order valence-electron chi connectivity index (χ4n) is 2.88. The number of anilines is 1. The van der Waals surface area contributed by atoms with Gasteiger partial charge in [-0.25, -0.2) is 0 Å². The average molecular weight is 434 g/mol. The van der Waals surface area contributed by atoms with Crippen LogP contribution in [0.4, 0.5) is 11.4 Å². The van der Waals surface area contributed by atoms with Crippen molar-refractivity contribution in [1.82, 2.24) is 0 Å². The number of nitrogens with one attached hydrogen (secondary N) is 1. The van der Waals surface area contributed by atoms with E-state index in [4.69, 9.17) is 9.47 Å². The molecular weight excluding hydrogens is 416 g/mol. The molecule has 162 valence electrons. The lowest BCUT2D eigenvalue weighted by Crippen LogP contribution is -2.13. The van der Waals surface area contributed by atoms with Crippen LogP contribution in [0.5, 0.6) is 11.5 Å². The lowest BCUT2D eigenvalue weighted by molar-refractivity contribution is -0.384. The highest BCUT2D eigenvalue weighted by Gasteiger charge is 2.13. The van der Waals surface area contributed by atoms with Gasteiger partial charge < -0.3 is 14.8 Å². The number of carbonyl (C=O) groups excluding carboxylic acids is 3. The Kier molecular flexibility index (Phi) is 6.59. The summed E-state index contributed by atoms with van der Waals surface area (Å²) in [4.78, 5) is 45.5. The number of esters is 2. The SMILES string of the molecule is CC(=O)Oc1cc(OC(C)=O)cc(C(=O)Nc2ccc(-c3ccc([N+](=O)[O-])cc3)cc2)c1. The molecule has 3 aromatic rings. The van der Waals surface area contributed by atoms with Gasteiger partial charge >= 0.3 is 11.9 Å². The first-order chi connectivity index (χ1) is 15.2. The molecule has 0 bridgehead atoms. The van der Waals surface area contributed by atoms with Gasteiger partial charge in [-0.05, 0) is 47.5 Å². The molecule has 0 aliphatic carbocycles. The molecule has 1 amide bonds. The highest BCUT2D eigenvalue weighted by Crippen LogP contribution is 2.26. The van der Waals surface area contributed by atoms with E-state index in [1.165, 1.54) is 44.2 Å². The summed E-state index contributed by atoms with van der Waals surface area (Å²) in [7, 11) is 0. The smallest absolute Gasteiger partial charge is 0.308 e. The third kappa shape index (κ3) is 5.76. The first kappa shape index (κ1) is 22.2. The van der Waals surface area contributed by atoms with Gasteiger partial charge in [0.05, 0.1) is 4.92 Å². The molecule has 3 rings (SSSR count). The Morgan fingerprint density at radius 3 is 1.69 bits per heavy atom. The number of amides is 1. The van der Waals surface area contributed by atoms with Crippen LogP contribution in [0.2, 0.25) is 0 Å². The van der Waals surface area contributed by atoms with Crippen LogP contribution in [0.3, 0.4) is 0 Å². The second kappa shape index (κ2) is 9.52. The van der Waals surface area contributed by atoms with Crippen LogP contribution >= 0.6 is 0 Å². The second-order valence-electron chi connectivity index (χ2n) is 6.72. The average Bonchev–Trinajstić information content (AvgIpc) is 2.73. The number of rotatable bonds is 6. The highest BCUT2D eigenvalue weighted by atomic mass is 16.6. The zero-order valence-electron chi connectivity index (χ0n) is 17.2. The van der Waals surface area contributed by atoms with E-state index in [9.17, 15) is 24.5 Å². The zero-order valence-corrected chi connectivity index (χ0v) is 17.2. The van der Waals surface area contributed by atoms with Crippen LogP contribution in [0.25, 0.3) is 11.1 Å². The highest BCUT2D eigenvalue weighted by molar-refractivity contribution is 6.05. The summed E-state index contributed by atoms with van der Waals surface area (Å²) in [5, 5.41) is 13.5. The Morgan fingerprint density at radius 2 is 1.25 bits per heavy atom. The third-order valence-electron chi connectivity index (χ3n) is 4.22. The van der Waals surface area contributed by atoms with Gasteiger partial charge in [0.15, 0.2) is 0 Å². The molecule has 0 spiro atoms. The van der Waals surface area contributed by atoms with Gasteiger partial charge in [0.2, 0.25) is 0 Å². The monoisotopic (exact) mass is 434 g/mol. The minimum absolute atomic E-state index is 0.00161. The van der Waals surface area contributed by atoms with Crippen molar-refractivity contribution in [3.05, 3.63) is 82.4 Å². The van der Waals surface area contributed by atoms with Crippen LogP contribution in [0, 0.1) is 10.1 Å². The van der Waals surface area contributed by atoms with Gasteiger partial charge in [-0.15, -0.1) is 0 Å². The van der Waals surface area contributed by atoms with Crippen molar-refractivity contribution in [3.63, 3.8) is 0 Å². The van der Waals surface area contributed by atoms with E-state index in [0.29, 0.717) is 5.69 Å². The van der Waals surface area contributed by atoms with Crippen molar-refractivity contribution in [1.29, 1.82) is 0 Å². The molecule has 1 N–H and O–H groups in total. The van der Waals surface area contributed by atoms with Crippen molar-refractivity contribution in [2.75, 3.05) is 5.32 Å². The summed E-state index contributed by atoms with van der Waals surface area (Å²) >= 11 is 0. The van der Waals surface area contributed by atoms with Crippen LogP contribution in [-0.2, 0) is 9.59 Å². The molecule has 3 aromatic carbocycles. The maximum atomic E-state index is 12.7. The summed E-state index contributed by atoms with van der Waals surface area (Å²) in [6, 6.07) is 17.0. The minimum Gasteiger partial charge on any atom is -0.427 e. The predicted octanol–water partition coefficient (Wildman–Crippen LogP) is 4.36. The van der Waals surface area contributed by atoms with Crippen LogP contribution < -0.4 is 14.8 Å². The fourth-order valence-corrected chi connectivity index (χ4v) is 2.88. The van der Waals surface area contributed by atoms with E-state index in [2.05, 4.69) is 5.32 Å². The van der Waals surface area contributed by atoms with Crippen LogP contribution in [-0.4, -0.2) is 22.8 Å². The number of carbonyl (C=O) groups is 3. The zero-order chi connectivity index (χ0) is 23.3. The van der Waals surface area contributed by atoms with Crippen molar-refractivity contribution >= 4 is 29.2 Å². The lowest BCUT2D eigenvalue weighted by Gasteiger charge is -2.10. The van der Waals surface area contributed by atoms with E-state index in [1.807, 2.05) is 0 Å². The number of benzene rings is 3. The van der Waals surface area contributed by atoms with E-state index in [0.717, 1.165) is 11.1 Å². The third-order valence-corrected chi connectivity index (χ3v) is 4.22.